The van der Waals surface area contributed by atoms with Crippen LogP contribution in [0.5, 0.6) is 0 Å². The minimum atomic E-state index is -0.405. The lowest BCUT2D eigenvalue weighted by atomic mass is 9.96. The minimum Gasteiger partial charge on any atom is -0.296 e. The topological polar surface area (TPSA) is 48.7 Å². The zero-order valence-electron chi connectivity index (χ0n) is 12.7. The van der Waals surface area contributed by atoms with E-state index < -0.39 is 5.54 Å². The Labute approximate surface area is 126 Å². The smallest absolute Gasteiger partial charge is 0.119 e. The Hall–Kier alpha value is -1.05. The largest absolute Gasteiger partial charge is 0.296 e. The standard InChI is InChI=1S/C16H23N3S/c1-11(2)19-16(9-17,14-5-6-14)10-20-15-8-12(3)7-13(4)18-15/h7-8,11,14,19H,5-6,10H2,1-4H3. The highest BCUT2D eigenvalue weighted by Crippen LogP contribution is 2.42. The molecule has 1 unspecified atom stereocenters. The molecule has 1 atom stereocenters. The maximum Gasteiger partial charge on any atom is 0.119 e. The number of aromatic nitrogens is 1. The van der Waals surface area contributed by atoms with Crippen molar-refractivity contribution in [3.05, 3.63) is 23.4 Å². The molecule has 1 aromatic heterocycles. The highest BCUT2D eigenvalue weighted by Gasteiger charge is 2.46. The van der Waals surface area contributed by atoms with Gasteiger partial charge in [-0.3, -0.25) is 5.32 Å². The van der Waals surface area contributed by atoms with Crippen molar-refractivity contribution in [2.45, 2.75) is 57.1 Å². The van der Waals surface area contributed by atoms with Crippen LogP contribution in [0, 0.1) is 31.1 Å². The van der Waals surface area contributed by atoms with Crippen LogP contribution in [0.3, 0.4) is 0 Å². The van der Waals surface area contributed by atoms with Crippen LogP contribution >= 0.6 is 11.8 Å². The summed E-state index contributed by atoms with van der Waals surface area (Å²) in [6.07, 6.45) is 2.32. The first kappa shape index (κ1) is 15.3. The summed E-state index contributed by atoms with van der Waals surface area (Å²) in [5, 5.41) is 14.2. The van der Waals surface area contributed by atoms with Gasteiger partial charge in [-0.15, -0.1) is 11.8 Å². The number of nitrogens with zero attached hydrogens (tertiary/aromatic N) is 2. The minimum absolute atomic E-state index is 0.322. The normalized spacial score (nSPS) is 17.8. The summed E-state index contributed by atoms with van der Waals surface area (Å²) in [5.74, 6) is 1.26. The van der Waals surface area contributed by atoms with Crippen molar-refractivity contribution >= 4 is 11.8 Å². The zero-order valence-corrected chi connectivity index (χ0v) is 13.5. The number of aryl methyl sites for hydroxylation is 2. The molecular formula is C16H23N3S. The van der Waals surface area contributed by atoms with Crippen LogP contribution in [-0.4, -0.2) is 22.3 Å². The second-order valence-electron chi connectivity index (χ2n) is 6.07. The maximum absolute atomic E-state index is 9.68. The van der Waals surface area contributed by atoms with Gasteiger partial charge in [0, 0.05) is 17.5 Å². The lowest BCUT2D eigenvalue weighted by molar-refractivity contribution is 0.370. The summed E-state index contributed by atoms with van der Waals surface area (Å²) in [6.45, 7) is 8.31. The first-order valence-corrected chi connectivity index (χ1v) is 8.21. The molecule has 0 aromatic carbocycles. The molecule has 20 heavy (non-hydrogen) atoms. The van der Waals surface area contributed by atoms with Crippen molar-refractivity contribution in [3.63, 3.8) is 0 Å². The highest BCUT2D eigenvalue weighted by atomic mass is 32.2. The number of nitriles is 1. The van der Waals surface area contributed by atoms with Crippen LogP contribution in [0.1, 0.15) is 37.9 Å². The average Bonchev–Trinajstić information content (AvgIpc) is 3.17. The van der Waals surface area contributed by atoms with Gasteiger partial charge in [-0.25, -0.2) is 4.98 Å². The molecule has 1 aromatic rings. The van der Waals surface area contributed by atoms with E-state index in [2.05, 4.69) is 49.3 Å². The number of rotatable bonds is 6. The zero-order chi connectivity index (χ0) is 14.8. The Morgan fingerprint density at radius 2 is 2.15 bits per heavy atom. The van der Waals surface area contributed by atoms with Crippen LogP contribution < -0.4 is 5.32 Å². The van der Waals surface area contributed by atoms with Crippen molar-refractivity contribution in [1.82, 2.24) is 10.3 Å². The number of nitrogens with one attached hydrogen (secondary N) is 1. The second kappa shape index (κ2) is 6.15. The van der Waals surface area contributed by atoms with Crippen molar-refractivity contribution in [1.29, 1.82) is 5.26 Å². The first-order valence-electron chi connectivity index (χ1n) is 7.22. The molecule has 3 nitrogen and oxygen atoms in total. The van der Waals surface area contributed by atoms with E-state index in [-0.39, 0.29) is 0 Å². The van der Waals surface area contributed by atoms with E-state index in [9.17, 15) is 5.26 Å². The third-order valence-corrected chi connectivity index (χ3v) is 4.65. The molecule has 0 bridgehead atoms. The predicted octanol–water partition coefficient (Wildman–Crippen LogP) is 3.46. The summed E-state index contributed by atoms with van der Waals surface area (Å²) < 4.78 is 0. The van der Waals surface area contributed by atoms with Gasteiger partial charge < -0.3 is 0 Å². The van der Waals surface area contributed by atoms with Crippen LogP contribution in [-0.2, 0) is 0 Å². The van der Waals surface area contributed by atoms with Crippen molar-refractivity contribution in [2.75, 3.05) is 5.75 Å². The van der Waals surface area contributed by atoms with E-state index in [0.717, 1.165) is 29.3 Å². The molecule has 0 radical (unpaired) electrons. The third-order valence-electron chi connectivity index (χ3n) is 3.54. The van der Waals surface area contributed by atoms with Crippen molar-refractivity contribution < 1.29 is 0 Å². The Balaban J connectivity index is 2.10. The predicted molar refractivity (Wildman–Crippen MR) is 83.8 cm³/mol. The molecule has 0 saturated heterocycles. The lowest BCUT2D eigenvalue weighted by Gasteiger charge is -2.30. The van der Waals surface area contributed by atoms with E-state index in [1.54, 1.807) is 11.8 Å². The van der Waals surface area contributed by atoms with Crippen LogP contribution in [0.15, 0.2) is 17.2 Å². The van der Waals surface area contributed by atoms with E-state index in [0.29, 0.717) is 12.0 Å². The van der Waals surface area contributed by atoms with Gasteiger partial charge in [0.2, 0.25) is 0 Å². The Kier molecular flexibility index (Phi) is 4.72. The summed E-state index contributed by atoms with van der Waals surface area (Å²) in [5.41, 5.74) is 1.86. The Morgan fingerprint density at radius 1 is 1.45 bits per heavy atom. The Bertz CT molecular complexity index is 497. The van der Waals surface area contributed by atoms with Gasteiger partial charge in [0.15, 0.2) is 0 Å². The summed E-state index contributed by atoms with van der Waals surface area (Å²) in [7, 11) is 0. The highest BCUT2D eigenvalue weighted by molar-refractivity contribution is 7.99. The monoisotopic (exact) mass is 289 g/mol. The molecule has 1 aliphatic carbocycles. The molecule has 1 N–H and O–H groups in total. The molecule has 2 rings (SSSR count). The molecule has 0 amide bonds. The maximum atomic E-state index is 9.68. The van der Waals surface area contributed by atoms with Crippen molar-refractivity contribution in [3.8, 4) is 6.07 Å². The third kappa shape index (κ3) is 3.74. The van der Waals surface area contributed by atoms with Crippen LogP contribution in [0.2, 0.25) is 0 Å². The lowest BCUT2D eigenvalue weighted by Crippen LogP contribution is -2.51. The van der Waals surface area contributed by atoms with Gasteiger partial charge in [0.05, 0.1) is 11.1 Å². The number of thioether (sulfide) groups is 1. The van der Waals surface area contributed by atoms with E-state index in [4.69, 9.17) is 0 Å². The fourth-order valence-electron chi connectivity index (χ4n) is 2.59. The summed E-state index contributed by atoms with van der Waals surface area (Å²) >= 11 is 1.69. The SMILES string of the molecule is Cc1cc(C)nc(SCC(C#N)(NC(C)C)C2CC2)c1. The van der Waals surface area contributed by atoms with Crippen LogP contribution in [0.25, 0.3) is 0 Å². The van der Waals surface area contributed by atoms with Gasteiger partial charge in [0.1, 0.15) is 5.54 Å². The molecule has 0 aliphatic heterocycles. The second-order valence-corrected chi connectivity index (χ2v) is 7.06. The molecule has 4 heteroatoms. The van der Waals surface area contributed by atoms with E-state index in [1.165, 1.54) is 5.56 Å². The van der Waals surface area contributed by atoms with E-state index in [1.807, 2.05) is 6.92 Å². The number of pyridine rings is 1. The Morgan fingerprint density at radius 3 is 2.65 bits per heavy atom. The number of hydrogen-bond donors (Lipinski definition) is 1. The molecule has 1 saturated carbocycles. The van der Waals surface area contributed by atoms with Crippen LogP contribution in [0.4, 0.5) is 0 Å². The molecule has 108 valence electrons. The average molecular weight is 289 g/mol. The van der Waals surface area contributed by atoms with Gasteiger partial charge in [-0.1, -0.05) is 0 Å². The quantitative estimate of drug-likeness (QED) is 0.815. The fraction of sp³-hybridized carbons (Fsp3) is 0.625. The van der Waals surface area contributed by atoms with Gasteiger partial charge in [-0.2, -0.15) is 5.26 Å². The van der Waals surface area contributed by atoms with Gasteiger partial charge in [0.25, 0.3) is 0 Å². The molecule has 1 heterocycles. The molecule has 1 aliphatic rings. The molecular weight excluding hydrogens is 266 g/mol. The van der Waals surface area contributed by atoms with E-state index >= 15 is 0 Å². The van der Waals surface area contributed by atoms with Gasteiger partial charge >= 0.3 is 0 Å². The summed E-state index contributed by atoms with van der Waals surface area (Å²) in [4.78, 5) is 4.56. The number of hydrogen-bond acceptors (Lipinski definition) is 4. The molecule has 1 fully saturated rings. The van der Waals surface area contributed by atoms with Gasteiger partial charge in [-0.05, 0) is 64.2 Å². The van der Waals surface area contributed by atoms with Crippen molar-refractivity contribution in [2.24, 2.45) is 5.92 Å². The summed E-state index contributed by atoms with van der Waals surface area (Å²) in [6, 6.07) is 7.05. The first-order chi connectivity index (χ1) is 9.45. The fourth-order valence-corrected chi connectivity index (χ4v) is 3.83. The molecule has 0 spiro atoms.